The van der Waals surface area contributed by atoms with Crippen LogP contribution < -0.4 is 0 Å². The molecule has 0 aromatic rings. The van der Waals surface area contributed by atoms with Crippen molar-refractivity contribution in [3.8, 4) is 0 Å². The fraction of sp³-hybridized carbons (Fsp3) is 1.00. The molecule has 3 fully saturated rings. The van der Waals surface area contributed by atoms with Gasteiger partial charge in [-0.2, -0.15) is 0 Å². The zero-order valence-corrected chi connectivity index (χ0v) is 10.7. The van der Waals surface area contributed by atoms with Crippen LogP contribution in [0.2, 0.25) is 0 Å². The van der Waals surface area contributed by atoms with Crippen molar-refractivity contribution in [2.45, 2.75) is 57.5 Å². The standard InChI is InChI=1S/C15H26O2/c16-9-14-13-8-11-4-2-1-3-10(11)7-12(13)5-6-15(14)17/h10-17H,1-9H2. The van der Waals surface area contributed by atoms with Crippen molar-refractivity contribution < 1.29 is 10.2 Å². The number of fused-ring (bicyclic) bond motifs is 2. The number of hydrogen-bond acceptors (Lipinski definition) is 2. The Kier molecular flexibility index (Phi) is 3.45. The zero-order valence-electron chi connectivity index (χ0n) is 10.7. The molecule has 6 atom stereocenters. The monoisotopic (exact) mass is 238 g/mol. The van der Waals surface area contributed by atoms with E-state index in [2.05, 4.69) is 0 Å². The molecule has 3 saturated carbocycles. The van der Waals surface area contributed by atoms with Crippen LogP contribution in [-0.4, -0.2) is 22.9 Å². The Balaban J connectivity index is 1.73. The van der Waals surface area contributed by atoms with Gasteiger partial charge in [0.1, 0.15) is 0 Å². The highest BCUT2D eigenvalue weighted by Gasteiger charge is 2.45. The molecule has 3 rings (SSSR count). The van der Waals surface area contributed by atoms with Gasteiger partial charge in [0.2, 0.25) is 0 Å². The minimum atomic E-state index is -0.235. The van der Waals surface area contributed by atoms with E-state index in [4.69, 9.17) is 0 Å². The molecule has 0 aromatic carbocycles. The van der Waals surface area contributed by atoms with Crippen LogP contribution in [0, 0.1) is 29.6 Å². The van der Waals surface area contributed by atoms with E-state index in [1.165, 1.54) is 44.9 Å². The first-order valence-corrected chi connectivity index (χ1v) is 7.58. The first kappa shape index (κ1) is 12.0. The van der Waals surface area contributed by atoms with Crippen LogP contribution in [0.1, 0.15) is 51.4 Å². The Bertz CT molecular complexity index is 266. The van der Waals surface area contributed by atoms with Gasteiger partial charge in [-0.15, -0.1) is 0 Å². The first-order chi connectivity index (χ1) is 8.29. The average molecular weight is 238 g/mol. The maximum atomic E-state index is 10.0. The molecule has 0 bridgehead atoms. The molecule has 0 aromatic heterocycles. The van der Waals surface area contributed by atoms with E-state index in [1.54, 1.807) is 0 Å². The minimum absolute atomic E-state index is 0.177. The quantitative estimate of drug-likeness (QED) is 0.737. The van der Waals surface area contributed by atoms with E-state index in [-0.39, 0.29) is 18.6 Å². The highest BCUT2D eigenvalue weighted by Crippen LogP contribution is 2.51. The molecule has 2 heteroatoms. The van der Waals surface area contributed by atoms with Crippen molar-refractivity contribution in [2.24, 2.45) is 29.6 Å². The molecule has 2 nitrogen and oxygen atoms in total. The summed E-state index contributed by atoms with van der Waals surface area (Å²) in [4.78, 5) is 0. The summed E-state index contributed by atoms with van der Waals surface area (Å²) in [6, 6.07) is 0. The second-order valence-electron chi connectivity index (χ2n) is 6.69. The number of aliphatic hydroxyl groups excluding tert-OH is 2. The third kappa shape index (κ3) is 2.15. The molecule has 0 amide bonds. The molecule has 0 heterocycles. The van der Waals surface area contributed by atoms with Gasteiger partial charge in [-0.25, -0.2) is 0 Å². The van der Waals surface area contributed by atoms with Crippen LogP contribution in [0.5, 0.6) is 0 Å². The van der Waals surface area contributed by atoms with E-state index >= 15 is 0 Å². The summed E-state index contributed by atoms with van der Waals surface area (Å²) < 4.78 is 0. The Hall–Kier alpha value is -0.0800. The van der Waals surface area contributed by atoms with Crippen molar-refractivity contribution in [3.05, 3.63) is 0 Å². The summed E-state index contributed by atoms with van der Waals surface area (Å²) >= 11 is 0. The van der Waals surface area contributed by atoms with E-state index in [1.807, 2.05) is 0 Å². The molecule has 3 aliphatic carbocycles. The molecular weight excluding hydrogens is 212 g/mol. The summed E-state index contributed by atoms with van der Waals surface area (Å²) in [5, 5.41) is 19.6. The molecule has 0 aliphatic heterocycles. The van der Waals surface area contributed by atoms with Crippen molar-refractivity contribution in [3.63, 3.8) is 0 Å². The summed E-state index contributed by atoms with van der Waals surface area (Å²) in [5.41, 5.74) is 0. The van der Waals surface area contributed by atoms with E-state index in [9.17, 15) is 10.2 Å². The van der Waals surface area contributed by atoms with Crippen molar-refractivity contribution >= 4 is 0 Å². The fourth-order valence-corrected chi connectivity index (χ4v) is 5.01. The number of rotatable bonds is 1. The van der Waals surface area contributed by atoms with E-state index < -0.39 is 0 Å². The van der Waals surface area contributed by atoms with Gasteiger partial charge in [-0.05, 0) is 49.4 Å². The Morgan fingerprint density at radius 2 is 1.53 bits per heavy atom. The van der Waals surface area contributed by atoms with Gasteiger partial charge in [0.15, 0.2) is 0 Å². The first-order valence-electron chi connectivity index (χ1n) is 7.58. The lowest BCUT2D eigenvalue weighted by Gasteiger charge is -2.50. The third-order valence-electron chi connectivity index (χ3n) is 5.94. The predicted octanol–water partition coefficient (Wildman–Crippen LogP) is 2.58. The molecule has 0 radical (unpaired) electrons. The van der Waals surface area contributed by atoms with Crippen LogP contribution in [0.4, 0.5) is 0 Å². The zero-order chi connectivity index (χ0) is 11.8. The molecule has 3 aliphatic rings. The topological polar surface area (TPSA) is 40.5 Å². The van der Waals surface area contributed by atoms with Gasteiger partial charge < -0.3 is 10.2 Å². The number of hydrogen-bond donors (Lipinski definition) is 2. The summed E-state index contributed by atoms with van der Waals surface area (Å²) in [6.45, 7) is 0.194. The molecule has 2 N–H and O–H groups in total. The Morgan fingerprint density at radius 1 is 0.824 bits per heavy atom. The number of aliphatic hydroxyl groups is 2. The van der Waals surface area contributed by atoms with Crippen LogP contribution in [0.25, 0.3) is 0 Å². The normalized spacial score (nSPS) is 50.5. The van der Waals surface area contributed by atoms with Crippen molar-refractivity contribution in [1.82, 2.24) is 0 Å². The molecular formula is C15H26O2. The van der Waals surface area contributed by atoms with Crippen molar-refractivity contribution in [1.29, 1.82) is 0 Å². The van der Waals surface area contributed by atoms with Crippen LogP contribution in [0.15, 0.2) is 0 Å². The lowest BCUT2D eigenvalue weighted by Crippen LogP contribution is -2.45. The maximum absolute atomic E-state index is 10.0. The second-order valence-corrected chi connectivity index (χ2v) is 6.69. The maximum Gasteiger partial charge on any atom is 0.0593 e. The van der Waals surface area contributed by atoms with E-state index in [0.717, 1.165) is 24.2 Å². The second kappa shape index (κ2) is 4.89. The van der Waals surface area contributed by atoms with Gasteiger partial charge in [-0.1, -0.05) is 25.7 Å². The summed E-state index contributed by atoms with van der Waals surface area (Å²) in [7, 11) is 0. The summed E-state index contributed by atoms with van der Waals surface area (Å²) in [6.07, 6.45) is 10.3. The molecule has 98 valence electrons. The molecule has 6 unspecified atom stereocenters. The lowest BCUT2D eigenvalue weighted by atomic mass is 9.57. The van der Waals surface area contributed by atoms with Crippen molar-refractivity contribution in [2.75, 3.05) is 6.61 Å². The third-order valence-corrected chi connectivity index (χ3v) is 5.94. The predicted molar refractivity (Wildman–Crippen MR) is 67.5 cm³/mol. The highest BCUT2D eigenvalue weighted by molar-refractivity contribution is 4.95. The van der Waals surface area contributed by atoms with Crippen LogP contribution >= 0.6 is 0 Å². The SMILES string of the molecule is OCC1C(O)CCC2CC3CCCCC3CC21. The Morgan fingerprint density at radius 3 is 2.24 bits per heavy atom. The largest absolute Gasteiger partial charge is 0.396 e. The van der Waals surface area contributed by atoms with Gasteiger partial charge in [0.25, 0.3) is 0 Å². The highest BCUT2D eigenvalue weighted by atomic mass is 16.3. The minimum Gasteiger partial charge on any atom is -0.396 e. The van der Waals surface area contributed by atoms with Crippen LogP contribution in [0.3, 0.4) is 0 Å². The smallest absolute Gasteiger partial charge is 0.0593 e. The van der Waals surface area contributed by atoms with Gasteiger partial charge >= 0.3 is 0 Å². The average Bonchev–Trinajstić information content (AvgIpc) is 2.36. The molecule has 17 heavy (non-hydrogen) atoms. The Labute approximate surface area is 104 Å². The van der Waals surface area contributed by atoms with Gasteiger partial charge in [-0.3, -0.25) is 0 Å². The van der Waals surface area contributed by atoms with Gasteiger partial charge in [0, 0.05) is 12.5 Å². The van der Waals surface area contributed by atoms with Gasteiger partial charge in [0.05, 0.1) is 6.10 Å². The van der Waals surface area contributed by atoms with E-state index in [0.29, 0.717) is 5.92 Å². The lowest BCUT2D eigenvalue weighted by molar-refractivity contribution is -0.0671. The van der Waals surface area contributed by atoms with Crippen LogP contribution in [-0.2, 0) is 0 Å². The summed E-state index contributed by atoms with van der Waals surface area (Å²) in [5.74, 6) is 3.47. The molecule has 0 spiro atoms. The fourth-order valence-electron chi connectivity index (χ4n) is 5.01. The molecule has 0 saturated heterocycles.